The van der Waals surface area contributed by atoms with Gasteiger partial charge < -0.3 is 4.90 Å². The third-order valence-corrected chi connectivity index (χ3v) is 6.72. The van der Waals surface area contributed by atoms with Crippen molar-refractivity contribution in [1.82, 2.24) is 18.8 Å². The van der Waals surface area contributed by atoms with Crippen LogP contribution in [-0.2, 0) is 16.6 Å². The van der Waals surface area contributed by atoms with E-state index in [0.29, 0.717) is 17.6 Å². The van der Waals surface area contributed by atoms with Gasteiger partial charge in [0.25, 0.3) is 5.56 Å². The number of nitrogens with zero attached hydrogens (tertiary/aromatic N) is 5. The van der Waals surface area contributed by atoms with Gasteiger partial charge in [-0.05, 0) is 30.7 Å². The lowest BCUT2D eigenvalue weighted by Crippen LogP contribution is -2.47. The monoisotopic (exact) mass is 448 g/mol. The Balaban J connectivity index is 1.32. The number of aryl methyl sites for hydroxylation is 1. The van der Waals surface area contributed by atoms with Crippen molar-refractivity contribution < 1.29 is 8.42 Å². The minimum Gasteiger partial charge on any atom is -0.338 e. The summed E-state index contributed by atoms with van der Waals surface area (Å²) >= 11 is 1.42. The molecule has 3 heterocycles. The van der Waals surface area contributed by atoms with Crippen LogP contribution in [0.15, 0.2) is 41.5 Å². The van der Waals surface area contributed by atoms with E-state index in [-0.39, 0.29) is 5.56 Å². The molecule has 1 aromatic carbocycles. The highest BCUT2D eigenvalue weighted by molar-refractivity contribution is 7.92. The normalized spacial score (nSPS) is 15.6. The predicted molar refractivity (Wildman–Crippen MR) is 120 cm³/mol. The summed E-state index contributed by atoms with van der Waals surface area (Å²) in [6.45, 7) is 5.24. The number of anilines is 2. The van der Waals surface area contributed by atoms with Crippen LogP contribution in [0.3, 0.4) is 0 Å². The van der Waals surface area contributed by atoms with Crippen molar-refractivity contribution in [3.8, 4) is 0 Å². The largest absolute Gasteiger partial charge is 0.338 e. The molecule has 0 saturated carbocycles. The molecule has 1 N–H and O–H groups in total. The van der Waals surface area contributed by atoms with Gasteiger partial charge in [0.15, 0.2) is 0 Å². The van der Waals surface area contributed by atoms with E-state index < -0.39 is 10.0 Å². The molecule has 1 fully saturated rings. The van der Waals surface area contributed by atoms with Crippen molar-refractivity contribution in [3.05, 3.63) is 47.0 Å². The van der Waals surface area contributed by atoms with E-state index in [2.05, 4.69) is 24.5 Å². The molecule has 0 radical (unpaired) electrons. The molecule has 0 unspecified atom stereocenters. The minimum atomic E-state index is -3.37. The molecule has 9 nitrogen and oxygen atoms in total. The van der Waals surface area contributed by atoms with Gasteiger partial charge in [0.05, 0.1) is 16.3 Å². The maximum Gasteiger partial charge on any atom is 0.268 e. The zero-order chi connectivity index (χ0) is 21.1. The van der Waals surface area contributed by atoms with Crippen LogP contribution >= 0.6 is 11.5 Å². The Labute approximate surface area is 179 Å². The van der Waals surface area contributed by atoms with Gasteiger partial charge in [0, 0.05) is 57.3 Å². The van der Waals surface area contributed by atoms with Crippen LogP contribution in [0, 0.1) is 0 Å². The highest BCUT2D eigenvalue weighted by Gasteiger charge is 2.18. The van der Waals surface area contributed by atoms with Crippen LogP contribution in [0.5, 0.6) is 0 Å². The van der Waals surface area contributed by atoms with E-state index in [4.69, 9.17) is 0 Å². The van der Waals surface area contributed by atoms with E-state index in [9.17, 15) is 13.2 Å². The summed E-state index contributed by atoms with van der Waals surface area (Å²) in [4.78, 5) is 25.9. The molecule has 4 rings (SSSR count). The second-order valence-corrected chi connectivity index (χ2v) is 10.1. The topological polar surface area (TPSA) is 100 Å². The van der Waals surface area contributed by atoms with Crippen molar-refractivity contribution >= 4 is 43.3 Å². The zero-order valence-corrected chi connectivity index (χ0v) is 18.3. The van der Waals surface area contributed by atoms with Gasteiger partial charge in [0.1, 0.15) is 0 Å². The highest BCUT2D eigenvalue weighted by Crippen LogP contribution is 2.22. The summed E-state index contributed by atoms with van der Waals surface area (Å²) in [7, 11) is -3.37. The van der Waals surface area contributed by atoms with E-state index in [0.717, 1.165) is 56.0 Å². The molecule has 30 heavy (non-hydrogen) atoms. The van der Waals surface area contributed by atoms with E-state index in [1.165, 1.54) is 11.5 Å². The number of hydrogen-bond donors (Lipinski definition) is 1. The third kappa shape index (κ3) is 4.97. The average molecular weight is 449 g/mol. The van der Waals surface area contributed by atoms with Crippen LogP contribution < -0.4 is 15.2 Å². The van der Waals surface area contributed by atoms with Crippen LogP contribution in [0.1, 0.15) is 6.42 Å². The van der Waals surface area contributed by atoms with Gasteiger partial charge in [-0.3, -0.25) is 18.4 Å². The molecular formula is C19H24N6O3S2. The van der Waals surface area contributed by atoms with Gasteiger partial charge in [-0.2, -0.15) is 0 Å². The van der Waals surface area contributed by atoms with Gasteiger partial charge in [-0.15, -0.1) is 0 Å². The lowest BCUT2D eigenvalue weighted by atomic mass is 10.2. The Bertz CT molecular complexity index is 1170. The van der Waals surface area contributed by atoms with Gasteiger partial charge in [-0.1, -0.05) is 11.5 Å². The number of sulfonamides is 1. The molecule has 2 aromatic heterocycles. The molecule has 0 aliphatic carbocycles. The molecule has 0 atom stereocenters. The van der Waals surface area contributed by atoms with Crippen LogP contribution in [0.2, 0.25) is 0 Å². The molecule has 0 spiro atoms. The average Bonchev–Trinajstić information content (AvgIpc) is 3.03. The number of hydrogen-bond acceptors (Lipinski definition) is 8. The summed E-state index contributed by atoms with van der Waals surface area (Å²) in [6, 6.07) is 6.89. The first-order chi connectivity index (χ1) is 14.4. The summed E-state index contributed by atoms with van der Waals surface area (Å²) in [5.41, 5.74) is 0.338. The van der Waals surface area contributed by atoms with E-state index >= 15 is 0 Å². The molecule has 11 heteroatoms. The Morgan fingerprint density at radius 1 is 1.10 bits per heavy atom. The Hall–Kier alpha value is -2.50. The van der Waals surface area contributed by atoms with Gasteiger partial charge >= 0.3 is 0 Å². The number of aromatic nitrogens is 3. The third-order valence-electron chi connectivity index (χ3n) is 4.99. The minimum absolute atomic E-state index is 0.0711. The van der Waals surface area contributed by atoms with E-state index in [1.807, 2.05) is 6.07 Å². The second-order valence-electron chi connectivity index (χ2n) is 7.31. The summed E-state index contributed by atoms with van der Waals surface area (Å²) in [6.07, 6.45) is 5.49. The highest BCUT2D eigenvalue weighted by atomic mass is 32.2. The first-order valence-corrected chi connectivity index (χ1v) is 12.4. The standard InChI is InChI=1S/C19H24N6O3S2/c1-30(27,28)22-15-4-5-17-16(14-15)18(26)25(29-17)9-3-8-23-10-12-24(13-11-23)19-20-6-2-7-21-19/h2,4-7,14,22H,3,8-13H2,1H3. The quantitative estimate of drug-likeness (QED) is 0.584. The summed E-state index contributed by atoms with van der Waals surface area (Å²) in [5.74, 6) is 0.777. The molecule has 0 bridgehead atoms. The van der Waals surface area contributed by atoms with Crippen molar-refractivity contribution in [2.24, 2.45) is 0 Å². The van der Waals surface area contributed by atoms with Crippen LogP contribution in [0.25, 0.3) is 10.1 Å². The summed E-state index contributed by atoms with van der Waals surface area (Å²) in [5, 5.41) is 0.546. The maximum atomic E-state index is 12.7. The fraction of sp³-hybridized carbons (Fsp3) is 0.421. The van der Waals surface area contributed by atoms with Crippen molar-refractivity contribution in [1.29, 1.82) is 0 Å². The molecule has 1 aliphatic rings. The molecule has 3 aromatic rings. The van der Waals surface area contributed by atoms with Gasteiger partial charge in [0.2, 0.25) is 16.0 Å². The number of benzene rings is 1. The molecule has 1 saturated heterocycles. The Morgan fingerprint density at radius 3 is 2.53 bits per heavy atom. The number of nitrogens with one attached hydrogen (secondary N) is 1. The zero-order valence-electron chi connectivity index (χ0n) is 16.7. The van der Waals surface area contributed by atoms with E-state index in [1.54, 1.807) is 34.5 Å². The predicted octanol–water partition coefficient (Wildman–Crippen LogP) is 1.44. The van der Waals surface area contributed by atoms with Gasteiger partial charge in [-0.25, -0.2) is 18.4 Å². The molecular weight excluding hydrogens is 424 g/mol. The Kier molecular flexibility index (Phi) is 6.02. The van der Waals surface area contributed by atoms with Crippen molar-refractivity contribution in [2.75, 3.05) is 48.6 Å². The SMILES string of the molecule is CS(=O)(=O)Nc1ccc2sn(CCCN3CCN(c4ncccn4)CC3)c(=O)c2c1. The fourth-order valence-corrected chi connectivity index (χ4v) is 5.13. The second kappa shape index (κ2) is 8.70. The molecule has 0 amide bonds. The smallest absolute Gasteiger partial charge is 0.268 e. The van der Waals surface area contributed by atoms with Crippen molar-refractivity contribution in [3.63, 3.8) is 0 Å². The summed E-state index contributed by atoms with van der Waals surface area (Å²) < 4.78 is 27.9. The Morgan fingerprint density at radius 2 is 1.83 bits per heavy atom. The number of fused-ring (bicyclic) bond motifs is 1. The lowest BCUT2D eigenvalue weighted by Gasteiger charge is -2.34. The first kappa shape index (κ1) is 20.8. The maximum absolute atomic E-state index is 12.7. The molecule has 1 aliphatic heterocycles. The lowest BCUT2D eigenvalue weighted by molar-refractivity contribution is 0.250. The van der Waals surface area contributed by atoms with Crippen LogP contribution in [-0.4, -0.2) is 66.2 Å². The fourth-order valence-electron chi connectivity index (χ4n) is 3.56. The number of piperazine rings is 1. The number of rotatable bonds is 7. The van der Waals surface area contributed by atoms with Crippen molar-refractivity contribution in [2.45, 2.75) is 13.0 Å². The first-order valence-electron chi connectivity index (χ1n) is 9.75. The molecule has 160 valence electrons. The van der Waals surface area contributed by atoms with Crippen LogP contribution in [0.4, 0.5) is 11.6 Å².